The van der Waals surface area contributed by atoms with Crippen molar-refractivity contribution in [3.63, 3.8) is 0 Å². The zero-order chi connectivity index (χ0) is 28.0. The lowest BCUT2D eigenvalue weighted by atomic mass is 9.83. The first-order chi connectivity index (χ1) is 17.6. The maximum Gasteiger partial charge on any atom is 0.175 e. The van der Waals surface area contributed by atoms with Crippen LogP contribution in [0.3, 0.4) is 0 Å². The van der Waals surface area contributed by atoms with Crippen molar-refractivity contribution in [2.75, 3.05) is 6.26 Å². The van der Waals surface area contributed by atoms with Crippen molar-refractivity contribution in [1.82, 2.24) is 9.55 Å². The topological polar surface area (TPSA) is 92.4 Å². The molecular formula is C30H33ClN2O4S. The molecule has 0 fully saturated rings. The van der Waals surface area contributed by atoms with E-state index in [0.717, 1.165) is 34.5 Å². The first-order valence-corrected chi connectivity index (χ1v) is 14.6. The van der Waals surface area contributed by atoms with Crippen molar-refractivity contribution in [2.45, 2.75) is 56.6 Å². The molecule has 1 heterocycles. The Balaban J connectivity index is 1.82. The first kappa shape index (κ1) is 28.0. The van der Waals surface area contributed by atoms with E-state index in [1.54, 1.807) is 39.0 Å². The average Bonchev–Trinajstić information content (AvgIpc) is 3.31. The highest BCUT2D eigenvalue weighted by atomic mass is 35.5. The molecule has 3 aromatic carbocycles. The van der Waals surface area contributed by atoms with Gasteiger partial charge in [0, 0.05) is 28.6 Å². The Hall–Kier alpha value is -2.97. The minimum absolute atomic E-state index is 0.113. The van der Waals surface area contributed by atoms with E-state index in [1.165, 1.54) is 0 Å². The van der Waals surface area contributed by atoms with Crippen molar-refractivity contribution in [2.24, 2.45) is 0 Å². The summed E-state index contributed by atoms with van der Waals surface area (Å²) in [6.07, 6.45) is 2.08. The highest BCUT2D eigenvalue weighted by molar-refractivity contribution is 7.90. The minimum Gasteiger partial charge on any atom is -0.389 e. The molecule has 0 aliphatic rings. The predicted molar refractivity (Wildman–Crippen MR) is 152 cm³/mol. The quantitative estimate of drug-likeness (QED) is 0.285. The fraction of sp³-hybridized carbons (Fsp3) is 0.300. The van der Waals surface area contributed by atoms with E-state index in [9.17, 15) is 18.6 Å². The molecule has 4 rings (SSSR count). The van der Waals surface area contributed by atoms with Gasteiger partial charge in [-0.2, -0.15) is 0 Å². The molecule has 1 unspecified atom stereocenters. The summed E-state index contributed by atoms with van der Waals surface area (Å²) < 4.78 is 26.7. The van der Waals surface area contributed by atoms with E-state index in [1.807, 2.05) is 73.1 Å². The maximum absolute atomic E-state index is 12.4. The van der Waals surface area contributed by atoms with Gasteiger partial charge in [-0.1, -0.05) is 54.1 Å². The molecule has 0 spiro atoms. The molecule has 2 N–H and O–H groups in total. The number of hydrogen-bond acceptors (Lipinski definition) is 5. The molecule has 0 aliphatic heterocycles. The number of hydrogen-bond donors (Lipinski definition) is 2. The molecule has 0 aliphatic carbocycles. The fourth-order valence-electron chi connectivity index (χ4n) is 4.60. The molecule has 200 valence electrons. The van der Waals surface area contributed by atoms with Crippen molar-refractivity contribution < 1.29 is 18.6 Å². The fourth-order valence-corrected chi connectivity index (χ4v) is 5.98. The summed E-state index contributed by atoms with van der Waals surface area (Å²) in [6, 6.07) is 20.4. The molecule has 0 saturated carbocycles. The van der Waals surface area contributed by atoms with E-state index in [2.05, 4.69) is 0 Å². The third kappa shape index (κ3) is 5.43. The molecule has 4 aromatic rings. The van der Waals surface area contributed by atoms with E-state index in [0.29, 0.717) is 16.3 Å². The molecule has 6 nitrogen and oxygen atoms in total. The predicted octanol–water partition coefficient (Wildman–Crippen LogP) is 6.20. The first-order valence-electron chi connectivity index (χ1n) is 12.3. The number of sulfone groups is 1. The van der Waals surface area contributed by atoms with Crippen molar-refractivity contribution in [3.05, 3.63) is 101 Å². The Morgan fingerprint density at radius 1 is 0.947 bits per heavy atom. The molecule has 1 aromatic heterocycles. The van der Waals surface area contributed by atoms with Crippen LogP contribution in [0.1, 0.15) is 63.4 Å². The zero-order valence-electron chi connectivity index (χ0n) is 22.4. The highest BCUT2D eigenvalue weighted by Crippen LogP contribution is 2.38. The van der Waals surface area contributed by atoms with Crippen LogP contribution in [0.5, 0.6) is 0 Å². The zero-order valence-corrected chi connectivity index (χ0v) is 24.0. The van der Waals surface area contributed by atoms with Crippen LogP contribution in [-0.2, 0) is 20.9 Å². The van der Waals surface area contributed by atoms with Crippen molar-refractivity contribution in [1.29, 1.82) is 0 Å². The van der Waals surface area contributed by atoms with Crippen LogP contribution in [0.4, 0.5) is 0 Å². The summed E-state index contributed by atoms with van der Waals surface area (Å²) in [4.78, 5) is 4.97. The van der Waals surface area contributed by atoms with Gasteiger partial charge < -0.3 is 14.8 Å². The number of aliphatic hydroxyl groups is 2. The Morgan fingerprint density at radius 3 is 2.11 bits per heavy atom. The molecule has 0 bridgehead atoms. The normalized spacial score (nSPS) is 13.5. The summed E-state index contributed by atoms with van der Waals surface area (Å²) in [6.45, 7) is 9.04. The van der Waals surface area contributed by atoms with E-state index in [4.69, 9.17) is 16.6 Å². The molecular weight excluding hydrogens is 520 g/mol. The Morgan fingerprint density at radius 2 is 1.55 bits per heavy atom. The van der Waals surface area contributed by atoms with Gasteiger partial charge in [0.25, 0.3) is 0 Å². The number of aromatic nitrogens is 2. The number of nitrogens with zero attached hydrogens (tertiary/aromatic N) is 2. The van der Waals surface area contributed by atoms with Gasteiger partial charge in [-0.3, -0.25) is 0 Å². The number of imidazole rings is 1. The molecule has 0 amide bonds. The van der Waals surface area contributed by atoms with Crippen molar-refractivity contribution >= 4 is 21.4 Å². The molecule has 8 heteroatoms. The maximum atomic E-state index is 12.4. The number of rotatable bonds is 7. The summed E-state index contributed by atoms with van der Waals surface area (Å²) in [7, 11) is -3.53. The van der Waals surface area contributed by atoms with Crippen LogP contribution in [0.15, 0.2) is 77.8 Å². The smallest absolute Gasteiger partial charge is 0.175 e. The molecule has 0 radical (unpaired) electrons. The molecule has 0 saturated heterocycles. The molecule has 38 heavy (non-hydrogen) atoms. The highest BCUT2D eigenvalue weighted by Gasteiger charge is 2.33. The van der Waals surface area contributed by atoms with Crippen LogP contribution in [0, 0.1) is 0 Å². The second-order valence-electron chi connectivity index (χ2n) is 10.7. The van der Waals surface area contributed by atoms with Gasteiger partial charge in [0.15, 0.2) is 9.84 Å². The largest absolute Gasteiger partial charge is 0.389 e. The van der Waals surface area contributed by atoms with Crippen molar-refractivity contribution in [3.8, 4) is 16.8 Å². The van der Waals surface area contributed by atoms with E-state index >= 15 is 0 Å². The monoisotopic (exact) mass is 552 g/mol. The van der Waals surface area contributed by atoms with Gasteiger partial charge in [0.05, 0.1) is 16.7 Å². The van der Waals surface area contributed by atoms with E-state index < -0.39 is 27.0 Å². The second-order valence-corrected chi connectivity index (χ2v) is 13.1. The molecule has 1 atom stereocenters. The van der Waals surface area contributed by atoms with Crippen LogP contribution >= 0.6 is 11.6 Å². The standard InChI is InChI=1S/C30H33ClN2O4S/c1-19(34)23-16-13-21(17-26(23)38(6,36)37)20-11-14-22(15-12-20)33-18-27(30(4,5)35)32-28(33)29(2,3)24-9-7-8-10-25(24)31/h7-19,34-35H,1-6H3. The minimum atomic E-state index is -3.53. The van der Waals surface area contributed by atoms with Gasteiger partial charge in [0.1, 0.15) is 11.4 Å². The van der Waals surface area contributed by atoms with Crippen LogP contribution in [0.2, 0.25) is 5.02 Å². The van der Waals surface area contributed by atoms with Gasteiger partial charge >= 0.3 is 0 Å². The Labute approximate surface area is 229 Å². The second kappa shape index (κ2) is 9.97. The Kier molecular flexibility index (Phi) is 7.36. The SMILES string of the molecule is CC(O)c1ccc(-c2ccc(-n3cc(C(C)(C)O)nc3C(C)(C)c3ccccc3Cl)cc2)cc1S(C)(=O)=O. The van der Waals surface area contributed by atoms with Gasteiger partial charge in [-0.25, -0.2) is 13.4 Å². The van der Waals surface area contributed by atoms with Gasteiger partial charge in [-0.15, -0.1) is 0 Å². The third-order valence-corrected chi connectivity index (χ3v) is 8.26. The van der Waals surface area contributed by atoms with Gasteiger partial charge in [0.2, 0.25) is 0 Å². The van der Waals surface area contributed by atoms with Gasteiger partial charge in [-0.05, 0) is 81.1 Å². The van der Waals surface area contributed by atoms with Crippen LogP contribution < -0.4 is 0 Å². The lowest BCUT2D eigenvalue weighted by molar-refractivity contribution is 0.0740. The summed E-state index contributed by atoms with van der Waals surface area (Å²) >= 11 is 6.57. The Bertz CT molecular complexity index is 1580. The van der Waals surface area contributed by atoms with Crippen LogP contribution in [-0.4, -0.2) is 34.4 Å². The van der Waals surface area contributed by atoms with E-state index in [-0.39, 0.29) is 4.90 Å². The number of halogens is 1. The third-order valence-electron chi connectivity index (χ3n) is 6.78. The summed E-state index contributed by atoms with van der Waals surface area (Å²) in [5, 5.41) is 21.4. The summed E-state index contributed by atoms with van der Waals surface area (Å²) in [5.41, 5.74) is 2.47. The lowest BCUT2D eigenvalue weighted by Crippen LogP contribution is -2.25. The lowest BCUT2D eigenvalue weighted by Gasteiger charge is -2.27. The number of benzene rings is 3. The number of aliphatic hydroxyl groups excluding tert-OH is 1. The van der Waals surface area contributed by atoms with Crippen LogP contribution in [0.25, 0.3) is 16.8 Å². The summed E-state index contributed by atoms with van der Waals surface area (Å²) in [5.74, 6) is 0.719. The average molecular weight is 553 g/mol.